The van der Waals surface area contributed by atoms with E-state index in [1.54, 1.807) is 43.5 Å². The molecule has 1 heterocycles. The summed E-state index contributed by atoms with van der Waals surface area (Å²) in [6, 6.07) is 14.1. The monoisotopic (exact) mass is 436 g/mol. The fourth-order valence-electron chi connectivity index (χ4n) is 3.44. The number of carbonyl (C=O) groups is 1. The Kier molecular flexibility index (Phi) is 5.57. The van der Waals surface area contributed by atoms with Gasteiger partial charge in [-0.05, 0) is 67.4 Å². The van der Waals surface area contributed by atoms with E-state index in [9.17, 15) is 4.79 Å². The Balaban J connectivity index is 1.66. The fourth-order valence-corrected chi connectivity index (χ4v) is 3.64. The van der Waals surface area contributed by atoms with Crippen molar-refractivity contribution in [3.63, 3.8) is 0 Å². The van der Waals surface area contributed by atoms with Crippen LogP contribution in [0.1, 0.15) is 21.5 Å². The van der Waals surface area contributed by atoms with Gasteiger partial charge in [0.1, 0.15) is 5.52 Å². The van der Waals surface area contributed by atoms with Crippen LogP contribution in [0.25, 0.3) is 22.6 Å². The van der Waals surface area contributed by atoms with Crippen molar-refractivity contribution in [1.82, 2.24) is 4.98 Å². The molecule has 0 aliphatic heterocycles. The second-order valence-electron chi connectivity index (χ2n) is 7.17. The van der Waals surface area contributed by atoms with Crippen molar-refractivity contribution in [3.8, 4) is 23.0 Å². The summed E-state index contributed by atoms with van der Waals surface area (Å²) in [5, 5.41) is 3.35. The lowest BCUT2D eigenvalue weighted by Gasteiger charge is -2.11. The molecule has 31 heavy (non-hydrogen) atoms. The quantitative estimate of drug-likeness (QED) is 0.413. The van der Waals surface area contributed by atoms with Crippen LogP contribution in [0.3, 0.4) is 0 Å². The first-order valence-corrected chi connectivity index (χ1v) is 9.98. The number of nitrogens with one attached hydrogen (secondary N) is 1. The number of ether oxygens (including phenoxy) is 2. The summed E-state index contributed by atoms with van der Waals surface area (Å²) in [6.45, 7) is 3.99. The molecule has 4 aromatic rings. The molecule has 158 valence electrons. The summed E-state index contributed by atoms with van der Waals surface area (Å²) >= 11 is 6.41. The van der Waals surface area contributed by atoms with E-state index in [-0.39, 0.29) is 5.91 Å². The predicted octanol–water partition coefficient (Wildman–Crippen LogP) is 6.03. The standard InChI is InChI=1S/C24H21ClN2O4/c1-13-9-14(2)22-19(10-13)27-24(31-22)17-12-16(6-7-18(17)25)26-23(28)15-5-8-20(29-3)21(11-15)30-4/h5-12H,1-4H3,(H,26,28). The number of aryl methyl sites for hydroxylation is 2. The molecule has 0 radical (unpaired) electrons. The van der Waals surface area contributed by atoms with Gasteiger partial charge in [-0.2, -0.15) is 0 Å². The molecule has 0 saturated heterocycles. The highest BCUT2D eigenvalue weighted by Crippen LogP contribution is 2.34. The van der Waals surface area contributed by atoms with Gasteiger partial charge in [0.05, 0.1) is 24.8 Å². The third-order valence-corrected chi connectivity index (χ3v) is 5.25. The molecule has 0 fully saturated rings. The van der Waals surface area contributed by atoms with Crippen LogP contribution >= 0.6 is 11.6 Å². The van der Waals surface area contributed by atoms with Crippen LogP contribution in [0.5, 0.6) is 11.5 Å². The van der Waals surface area contributed by atoms with Gasteiger partial charge in [-0.3, -0.25) is 4.79 Å². The second kappa shape index (κ2) is 8.32. The van der Waals surface area contributed by atoms with Crippen LogP contribution in [-0.2, 0) is 0 Å². The van der Waals surface area contributed by atoms with Crippen LogP contribution in [0.4, 0.5) is 5.69 Å². The molecular formula is C24H21ClN2O4. The van der Waals surface area contributed by atoms with Gasteiger partial charge >= 0.3 is 0 Å². The van der Waals surface area contributed by atoms with Crippen LogP contribution in [-0.4, -0.2) is 25.1 Å². The molecule has 0 spiro atoms. The van der Waals surface area contributed by atoms with Gasteiger partial charge < -0.3 is 19.2 Å². The largest absolute Gasteiger partial charge is 0.493 e. The maximum atomic E-state index is 12.8. The van der Waals surface area contributed by atoms with Crippen LogP contribution in [0.2, 0.25) is 5.02 Å². The number of methoxy groups -OCH3 is 2. The van der Waals surface area contributed by atoms with Crippen LogP contribution < -0.4 is 14.8 Å². The summed E-state index contributed by atoms with van der Waals surface area (Å²) < 4.78 is 16.5. The van der Waals surface area contributed by atoms with Gasteiger partial charge in [0.2, 0.25) is 5.89 Å². The number of hydrogen-bond donors (Lipinski definition) is 1. The lowest BCUT2D eigenvalue weighted by atomic mass is 10.1. The summed E-state index contributed by atoms with van der Waals surface area (Å²) in [5.74, 6) is 1.13. The minimum absolute atomic E-state index is 0.293. The number of hydrogen-bond acceptors (Lipinski definition) is 5. The number of amides is 1. The zero-order valence-electron chi connectivity index (χ0n) is 17.6. The topological polar surface area (TPSA) is 73.6 Å². The highest BCUT2D eigenvalue weighted by atomic mass is 35.5. The normalized spacial score (nSPS) is 10.9. The Morgan fingerprint density at radius 1 is 1.00 bits per heavy atom. The number of oxazole rings is 1. The van der Waals surface area contributed by atoms with Gasteiger partial charge in [0.25, 0.3) is 5.91 Å². The molecule has 4 rings (SSSR count). The average Bonchev–Trinajstić information content (AvgIpc) is 3.18. The lowest BCUT2D eigenvalue weighted by molar-refractivity contribution is 0.102. The Bertz CT molecular complexity index is 1300. The first kappa shape index (κ1) is 20.8. The minimum Gasteiger partial charge on any atom is -0.493 e. The highest BCUT2D eigenvalue weighted by Gasteiger charge is 2.16. The second-order valence-corrected chi connectivity index (χ2v) is 7.57. The summed E-state index contributed by atoms with van der Waals surface area (Å²) in [6.07, 6.45) is 0. The van der Waals surface area contributed by atoms with Crippen molar-refractivity contribution in [1.29, 1.82) is 0 Å². The first-order chi connectivity index (χ1) is 14.9. The Labute approximate surface area is 184 Å². The molecule has 0 aliphatic carbocycles. The van der Waals surface area contributed by atoms with E-state index >= 15 is 0 Å². The van der Waals surface area contributed by atoms with E-state index in [1.165, 1.54) is 7.11 Å². The Morgan fingerprint density at radius 2 is 1.77 bits per heavy atom. The molecule has 7 heteroatoms. The molecule has 0 aliphatic rings. The van der Waals surface area contributed by atoms with E-state index in [4.69, 9.17) is 25.5 Å². The molecule has 0 saturated carbocycles. The van der Waals surface area contributed by atoms with E-state index in [1.807, 2.05) is 26.0 Å². The van der Waals surface area contributed by atoms with Crippen molar-refractivity contribution < 1.29 is 18.7 Å². The number of benzene rings is 3. The van der Waals surface area contributed by atoms with Gasteiger partial charge in [-0.15, -0.1) is 0 Å². The lowest BCUT2D eigenvalue weighted by Crippen LogP contribution is -2.12. The van der Waals surface area contributed by atoms with Crippen molar-refractivity contribution in [2.45, 2.75) is 13.8 Å². The number of carbonyl (C=O) groups excluding carboxylic acids is 1. The number of halogens is 1. The maximum Gasteiger partial charge on any atom is 0.255 e. The maximum absolute atomic E-state index is 12.8. The van der Waals surface area contributed by atoms with Gasteiger partial charge in [0.15, 0.2) is 17.1 Å². The SMILES string of the molecule is COc1ccc(C(=O)Nc2ccc(Cl)c(-c3nc4cc(C)cc(C)c4o3)c2)cc1OC. The number of fused-ring (bicyclic) bond motifs is 1. The van der Waals surface area contributed by atoms with E-state index < -0.39 is 0 Å². The average molecular weight is 437 g/mol. The number of aromatic nitrogens is 1. The number of anilines is 1. The van der Waals surface area contributed by atoms with Crippen molar-refractivity contribution in [3.05, 3.63) is 70.2 Å². The van der Waals surface area contributed by atoms with Crippen molar-refractivity contribution >= 4 is 34.3 Å². The van der Waals surface area contributed by atoms with Crippen molar-refractivity contribution in [2.75, 3.05) is 19.5 Å². The fraction of sp³-hybridized carbons (Fsp3) is 0.167. The smallest absolute Gasteiger partial charge is 0.255 e. The molecule has 1 N–H and O–H groups in total. The zero-order chi connectivity index (χ0) is 22.1. The Hall–Kier alpha value is -3.51. The summed E-state index contributed by atoms with van der Waals surface area (Å²) in [7, 11) is 3.07. The van der Waals surface area contributed by atoms with Crippen LogP contribution in [0.15, 0.2) is 52.9 Å². The molecule has 1 amide bonds. The molecule has 0 unspecified atom stereocenters. The highest BCUT2D eigenvalue weighted by molar-refractivity contribution is 6.33. The molecule has 0 bridgehead atoms. The van der Waals surface area contributed by atoms with Crippen LogP contribution in [0, 0.1) is 13.8 Å². The zero-order valence-corrected chi connectivity index (χ0v) is 18.3. The molecule has 0 atom stereocenters. The summed E-state index contributed by atoms with van der Waals surface area (Å²) in [5.41, 5.74) is 5.19. The third-order valence-electron chi connectivity index (χ3n) is 4.92. The summed E-state index contributed by atoms with van der Waals surface area (Å²) in [4.78, 5) is 17.3. The molecule has 3 aromatic carbocycles. The number of rotatable bonds is 5. The van der Waals surface area contributed by atoms with E-state index in [0.29, 0.717) is 39.2 Å². The first-order valence-electron chi connectivity index (χ1n) is 9.60. The van der Waals surface area contributed by atoms with Gasteiger partial charge in [0, 0.05) is 11.3 Å². The van der Waals surface area contributed by atoms with E-state index in [2.05, 4.69) is 10.3 Å². The van der Waals surface area contributed by atoms with E-state index in [0.717, 1.165) is 22.2 Å². The third kappa shape index (κ3) is 4.07. The van der Waals surface area contributed by atoms with Crippen molar-refractivity contribution in [2.24, 2.45) is 0 Å². The minimum atomic E-state index is -0.293. The van der Waals surface area contributed by atoms with Gasteiger partial charge in [-0.1, -0.05) is 17.7 Å². The predicted molar refractivity (Wildman–Crippen MR) is 121 cm³/mol. The molecular weight excluding hydrogens is 416 g/mol. The Morgan fingerprint density at radius 3 is 2.52 bits per heavy atom. The molecule has 1 aromatic heterocycles. The molecule has 6 nitrogen and oxygen atoms in total. The number of nitrogens with zero attached hydrogens (tertiary/aromatic N) is 1. The van der Waals surface area contributed by atoms with Gasteiger partial charge in [-0.25, -0.2) is 4.98 Å².